The molecule has 6 aromatic carbocycles. The first-order valence-corrected chi connectivity index (χ1v) is 13.9. The molecule has 0 aliphatic carbocycles. The third kappa shape index (κ3) is 4.43. The Hall–Kier alpha value is -4.86. The smallest absolute Gasteiger partial charge is 0.0640 e. The Kier molecular flexibility index (Phi) is 6.04. The van der Waals surface area contributed by atoms with E-state index in [1.54, 1.807) is 0 Å². The van der Waals surface area contributed by atoms with Gasteiger partial charge in [-0.2, -0.15) is 0 Å². The van der Waals surface area contributed by atoms with Crippen molar-refractivity contribution in [2.24, 2.45) is 0 Å². The molecule has 1 N–H and O–H groups in total. The quantitative estimate of drug-likeness (QED) is 0.235. The van der Waals surface area contributed by atoms with Gasteiger partial charge in [0.1, 0.15) is 0 Å². The molecule has 0 aliphatic rings. The van der Waals surface area contributed by atoms with Crippen LogP contribution in [0, 0.1) is 0 Å². The molecule has 2 nitrogen and oxygen atoms in total. The first-order valence-electron chi connectivity index (χ1n) is 13.1. The average molecular weight is 519 g/mol. The lowest BCUT2D eigenvalue weighted by molar-refractivity contribution is 1.30. The first-order chi connectivity index (χ1) is 19.3. The van der Waals surface area contributed by atoms with Crippen LogP contribution < -0.4 is 10.2 Å². The number of benzene rings is 6. The molecule has 7 aromatic rings. The van der Waals surface area contributed by atoms with Gasteiger partial charge in [0, 0.05) is 38.2 Å². The summed E-state index contributed by atoms with van der Waals surface area (Å²) < 4.78 is 2.60. The fraction of sp³-hybridized carbons (Fsp3) is 0. The van der Waals surface area contributed by atoms with Gasteiger partial charge in [-0.05, 0) is 59.7 Å². The van der Waals surface area contributed by atoms with Crippen molar-refractivity contribution in [2.45, 2.75) is 0 Å². The number of nitrogens with one attached hydrogen (secondary N) is 1. The van der Waals surface area contributed by atoms with Gasteiger partial charge in [0.25, 0.3) is 0 Å². The minimum Gasteiger partial charge on any atom is -0.355 e. The summed E-state index contributed by atoms with van der Waals surface area (Å²) in [5, 5.41) is 6.14. The van der Waals surface area contributed by atoms with Crippen LogP contribution in [0.15, 0.2) is 152 Å². The van der Waals surface area contributed by atoms with Gasteiger partial charge in [-0.3, -0.25) is 0 Å². The number of nitrogens with zero attached hydrogens (tertiary/aromatic N) is 1. The molecule has 0 aliphatic heterocycles. The van der Waals surface area contributed by atoms with E-state index in [-0.39, 0.29) is 0 Å². The third-order valence-corrected chi connectivity index (χ3v) is 8.29. The number of anilines is 5. The Morgan fingerprint density at radius 1 is 0.462 bits per heavy atom. The lowest BCUT2D eigenvalue weighted by Crippen LogP contribution is -2.10. The zero-order chi connectivity index (χ0) is 26.0. The van der Waals surface area contributed by atoms with Crippen LogP contribution in [0.3, 0.4) is 0 Å². The van der Waals surface area contributed by atoms with Gasteiger partial charge in [0.05, 0.1) is 10.4 Å². The highest BCUT2D eigenvalue weighted by molar-refractivity contribution is 7.27. The number of fused-ring (bicyclic) bond motifs is 3. The molecule has 3 heteroatoms. The predicted octanol–water partition coefficient (Wildman–Crippen LogP) is 10.9. The van der Waals surface area contributed by atoms with Crippen molar-refractivity contribution < 1.29 is 0 Å². The Labute approximate surface area is 232 Å². The van der Waals surface area contributed by atoms with Crippen LogP contribution in [-0.2, 0) is 0 Å². The predicted molar refractivity (Wildman–Crippen MR) is 169 cm³/mol. The summed E-state index contributed by atoms with van der Waals surface area (Å²) in [5.74, 6) is 0. The molecular weight excluding hydrogens is 492 g/mol. The number of para-hydroxylation sites is 2. The van der Waals surface area contributed by atoms with Crippen LogP contribution in [0.2, 0.25) is 0 Å². The van der Waals surface area contributed by atoms with Crippen molar-refractivity contribution in [2.75, 3.05) is 10.2 Å². The zero-order valence-corrected chi connectivity index (χ0v) is 22.1. The second-order valence-electron chi connectivity index (χ2n) is 9.52. The molecule has 0 bridgehead atoms. The Bertz CT molecular complexity index is 1880. The van der Waals surface area contributed by atoms with E-state index in [0.717, 1.165) is 22.7 Å². The van der Waals surface area contributed by atoms with Gasteiger partial charge in [0.15, 0.2) is 0 Å². The Morgan fingerprint density at radius 3 is 1.82 bits per heavy atom. The normalized spacial score (nSPS) is 11.1. The first kappa shape index (κ1) is 23.3. The molecule has 0 spiro atoms. The number of hydrogen-bond acceptors (Lipinski definition) is 3. The van der Waals surface area contributed by atoms with Gasteiger partial charge in [-0.15, -0.1) is 11.3 Å². The van der Waals surface area contributed by atoms with Crippen molar-refractivity contribution in [3.8, 4) is 11.1 Å². The summed E-state index contributed by atoms with van der Waals surface area (Å²) in [6.07, 6.45) is 0. The van der Waals surface area contributed by atoms with E-state index in [4.69, 9.17) is 0 Å². The van der Waals surface area contributed by atoms with Crippen molar-refractivity contribution in [1.82, 2.24) is 0 Å². The molecule has 1 heterocycles. The van der Waals surface area contributed by atoms with Crippen LogP contribution in [0.5, 0.6) is 0 Å². The molecule has 0 radical (unpaired) electrons. The van der Waals surface area contributed by atoms with Gasteiger partial charge < -0.3 is 10.2 Å². The second-order valence-corrected chi connectivity index (χ2v) is 10.5. The van der Waals surface area contributed by atoms with E-state index in [1.807, 2.05) is 29.5 Å². The van der Waals surface area contributed by atoms with Crippen LogP contribution in [0.25, 0.3) is 31.3 Å². The van der Waals surface area contributed by atoms with Crippen molar-refractivity contribution in [1.29, 1.82) is 0 Å². The maximum absolute atomic E-state index is 3.56. The maximum Gasteiger partial charge on any atom is 0.0640 e. The van der Waals surface area contributed by atoms with E-state index >= 15 is 0 Å². The topological polar surface area (TPSA) is 15.3 Å². The average Bonchev–Trinajstić information content (AvgIpc) is 3.39. The van der Waals surface area contributed by atoms with Crippen LogP contribution in [0.1, 0.15) is 0 Å². The van der Waals surface area contributed by atoms with Gasteiger partial charge in [-0.25, -0.2) is 0 Å². The summed E-state index contributed by atoms with van der Waals surface area (Å²) in [5.41, 5.74) is 8.06. The molecule has 186 valence electrons. The molecular formula is C36H26N2S. The molecule has 1 aromatic heterocycles. The summed E-state index contributed by atoms with van der Waals surface area (Å²) >= 11 is 1.88. The van der Waals surface area contributed by atoms with E-state index in [1.165, 1.54) is 37.0 Å². The van der Waals surface area contributed by atoms with Crippen LogP contribution in [0.4, 0.5) is 28.4 Å². The standard InChI is InChI=1S/C36H26N2S/c1-4-13-26(14-5-1)31-21-11-22-32-33-23-12-24-34(36(33)39-35(31)32)38(29-18-8-3-9-19-29)30-20-10-17-28(25-30)37-27-15-6-2-7-16-27/h1-25,37H. The summed E-state index contributed by atoms with van der Waals surface area (Å²) in [6.45, 7) is 0. The molecule has 0 amide bonds. The minimum atomic E-state index is 1.05. The number of rotatable bonds is 6. The highest BCUT2D eigenvalue weighted by atomic mass is 32.1. The van der Waals surface area contributed by atoms with Crippen LogP contribution >= 0.6 is 11.3 Å². The molecule has 7 rings (SSSR count). The number of hydrogen-bond donors (Lipinski definition) is 1. The lowest BCUT2D eigenvalue weighted by Gasteiger charge is -2.26. The van der Waals surface area contributed by atoms with E-state index in [9.17, 15) is 0 Å². The highest BCUT2D eigenvalue weighted by Gasteiger charge is 2.19. The molecule has 0 unspecified atom stereocenters. The summed E-state index contributed by atoms with van der Waals surface area (Å²) in [4.78, 5) is 2.37. The van der Waals surface area contributed by atoms with Gasteiger partial charge in [0.2, 0.25) is 0 Å². The summed E-state index contributed by atoms with van der Waals surface area (Å²) in [6, 6.07) is 53.6. The zero-order valence-electron chi connectivity index (χ0n) is 21.3. The van der Waals surface area contributed by atoms with E-state index in [0.29, 0.717) is 0 Å². The molecule has 0 atom stereocenters. The monoisotopic (exact) mass is 518 g/mol. The largest absolute Gasteiger partial charge is 0.355 e. The van der Waals surface area contributed by atoms with Crippen molar-refractivity contribution in [3.63, 3.8) is 0 Å². The molecule has 39 heavy (non-hydrogen) atoms. The van der Waals surface area contributed by atoms with Gasteiger partial charge >= 0.3 is 0 Å². The fourth-order valence-electron chi connectivity index (χ4n) is 5.24. The number of thiophene rings is 1. The van der Waals surface area contributed by atoms with Crippen molar-refractivity contribution >= 4 is 59.9 Å². The lowest BCUT2D eigenvalue weighted by atomic mass is 10.0. The molecule has 0 saturated heterocycles. The van der Waals surface area contributed by atoms with Crippen molar-refractivity contribution in [3.05, 3.63) is 152 Å². The fourth-order valence-corrected chi connectivity index (χ4v) is 6.58. The summed E-state index contributed by atoms with van der Waals surface area (Å²) in [7, 11) is 0. The van der Waals surface area contributed by atoms with E-state index < -0.39 is 0 Å². The van der Waals surface area contributed by atoms with E-state index in [2.05, 4.69) is 144 Å². The third-order valence-electron chi connectivity index (χ3n) is 7.01. The Balaban J connectivity index is 1.42. The SMILES string of the molecule is c1ccc(Nc2cccc(N(c3ccccc3)c3cccc4c3sc3c(-c5ccccc5)cccc34)c2)cc1. The maximum atomic E-state index is 3.56. The Morgan fingerprint density at radius 2 is 1.05 bits per heavy atom. The molecule has 0 saturated carbocycles. The minimum absolute atomic E-state index is 1.05. The van der Waals surface area contributed by atoms with Gasteiger partial charge in [-0.1, -0.05) is 103 Å². The van der Waals surface area contributed by atoms with Crippen LogP contribution in [-0.4, -0.2) is 0 Å². The second kappa shape index (κ2) is 10.1. The highest BCUT2D eigenvalue weighted by Crippen LogP contribution is 2.47. The molecule has 0 fully saturated rings.